The first-order chi connectivity index (χ1) is 13.2. The van der Waals surface area contributed by atoms with Crippen molar-refractivity contribution < 1.29 is 17.7 Å². The average Bonchev–Trinajstić information content (AvgIpc) is 2.64. The van der Waals surface area contributed by atoms with E-state index in [2.05, 4.69) is 10.5 Å². The van der Waals surface area contributed by atoms with Gasteiger partial charge in [0.2, 0.25) is 10.0 Å². The van der Waals surface area contributed by atoms with E-state index in [0.29, 0.717) is 0 Å². The van der Waals surface area contributed by atoms with Crippen LogP contribution in [0.3, 0.4) is 0 Å². The molecule has 11 heteroatoms. The standard InChI is InChI=1S/C17H18ClFN4O4S/c1-3-22(4-2)28(26,27)12-8-9-16(17(10-12)23(24)25)21-20-11-13-14(18)6-5-7-15(13)19/h5-11,21H,3-4H2,1-2H3/b20-11-. The van der Waals surface area contributed by atoms with Gasteiger partial charge >= 0.3 is 0 Å². The lowest BCUT2D eigenvalue weighted by molar-refractivity contribution is -0.384. The van der Waals surface area contributed by atoms with Crippen LogP contribution in [0, 0.1) is 15.9 Å². The Morgan fingerprint density at radius 2 is 1.96 bits per heavy atom. The number of hydrogen-bond acceptors (Lipinski definition) is 6. The van der Waals surface area contributed by atoms with Gasteiger partial charge in [-0.1, -0.05) is 31.5 Å². The molecule has 0 aliphatic carbocycles. The molecule has 150 valence electrons. The van der Waals surface area contributed by atoms with Gasteiger partial charge in [0, 0.05) is 24.7 Å². The molecule has 1 N–H and O–H groups in total. The number of nitro benzene ring substituents is 1. The fourth-order valence-electron chi connectivity index (χ4n) is 2.43. The van der Waals surface area contributed by atoms with Crippen LogP contribution in [0.1, 0.15) is 19.4 Å². The van der Waals surface area contributed by atoms with Crippen molar-refractivity contribution in [2.24, 2.45) is 5.10 Å². The highest BCUT2D eigenvalue weighted by Crippen LogP contribution is 2.29. The molecule has 2 aromatic rings. The normalized spacial score (nSPS) is 11.9. The number of rotatable bonds is 8. The lowest BCUT2D eigenvalue weighted by Crippen LogP contribution is -2.30. The maximum Gasteiger partial charge on any atom is 0.295 e. The molecule has 0 amide bonds. The number of nitrogens with zero attached hydrogens (tertiary/aromatic N) is 3. The number of nitrogens with one attached hydrogen (secondary N) is 1. The van der Waals surface area contributed by atoms with Crippen molar-refractivity contribution in [2.75, 3.05) is 18.5 Å². The molecule has 0 aromatic heterocycles. The van der Waals surface area contributed by atoms with Gasteiger partial charge < -0.3 is 0 Å². The van der Waals surface area contributed by atoms with E-state index in [1.807, 2.05) is 0 Å². The first-order valence-electron chi connectivity index (χ1n) is 8.24. The number of anilines is 1. The second-order valence-corrected chi connectivity index (χ2v) is 7.88. The van der Waals surface area contributed by atoms with E-state index in [-0.39, 0.29) is 34.3 Å². The Morgan fingerprint density at radius 1 is 1.29 bits per heavy atom. The minimum atomic E-state index is -3.85. The van der Waals surface area contributed by atoms with Crippen molar-refractivity contribution in [1.29, 1.82) is 0 Å². The number of benzene rings is 2. The summed E-state index contributed by atoms with van der Waals surface area (Å²) in [6.07, 6.45) is 1.09. The predicted octanol–water partition coefficient (Wildman–Crippen LogP) is 3.86. The van der Waals surface area contributed by atoms with Crippen LogP contribution in [0.2, 0.25) is 5.02 Å². The van der Waals surface area contributed by atoms with Gasteiger partial charge in [-0.05, 0) is 24.3 Å². The summed E-state index contributed by atoms with van der Waals surface area (Å²) in [6, 6.07) is 7.54. The van der Waals surface area contributed by atoms with Crippen molar-refractivity contribution in [3.63, 3.8) is 0 Å². The van der Waals surface area contributed by atoms with Gasteiger partial charge in [0.1, 0.15) is 11.5 Å². The topological polar surface area (TPSA) is 105 Å². The number of sulfonamides is 1. The molecule has 0 heterocycles. The highest BCUT2D eigenvalue weighted by molar-refractivity contribution is 7.89. The molecule has 0 spiro atoms. The van der Waals surface area contributed by atoms with E-state index in [4.69, 9.17) is 11.6 Å². The van der Waals surface area contributed by atoms with Crippen LogP contribution in [0.4, 0.5) is 15.8 Å². The summed E-state index contributed by atoms with van der Waals surface area (Å²) in [4.78, 5) is 10.4. The van der Waals surface area contributed by atoms with Gasteiger partial charge in [-0.3, -0.25) is 15.5 Å². The molecular weight excluding hydrogens is 411 g/mol. The monoisotopic (exact) mass is 428 g/mol. The smallest absolute Gasteiger partial charge is 0.272 e. The Bertz CT molecular complexity index is 990. The molecule has 0 aliphatic heterocycles. The Morgan fingerprint density at radius 3 is 2.54 bits per heavy atom. The summed E-state index contributed by atoms with van der Waals surface area (Å²) in [7, 11) is -3.85. The molecule has 2 rings (SSSR count). The zero-order chi connectivity index (χ0) is 20.9. The lowest BCUT2D eigenvalue weighted by atomic mass is 10.2. The van der Waals surface area contributed by atoms with Crippen molar-refractivity contribution in [3.05, 3.63) is 62.9 Å². The highest BCUT2D eigenvalue weighted by Gasteiger charge is 2.25. The number of hydrazone groups is 1. The second kappa shape index (κ2) is 9.09. The maximum atomic E-state index is 13.7. The first kappa shape index (κ1) is 21.7. The van der Waals surface area contributed by atoms with Gasteiger partial charge in [-0.15, -0.1) is 0 Å². The fraction of sp³-hybridized carbons (Fsp3) is 0.235. The molecule has 8 nitrogen and oxygen atoms in total. The zero-order valence-corrected chi connectivity index (χ0v) is 16.7. The molecule has 0 unspecified atom stereocenters. The van der Waals surface area contributed by atoms with E-state index in [9.17, 15) is 22.9 Å². The summed E-state index contributed by atoms with van der Waals surface area (Å²) < 4.78 is 40.0. The van der Waals surface area contributed by atoms with E-state index in [0.717, 1.165) is 12.3 Å². The summed E-state index contributed by atoms with van der Waals surface area (Å²) in [6.45, 7) is 3.82. The maximum absolute atomic E-state index is 13.7. The van der Waals surface area contributed by atoms with Gasteiger partial charge in [-0.2, -0.15) is 9.41 Å². The third-order valence-corrected chi connectivity index (χ3v) is 6.26. The molecule has 28 heavy (non-hydrogen) atoms. The largest absolute Gasteiger partial charge is 0.295 e. The number of hydrogen-bond donors (Lipinski definition) is 1. The molecule has 2 aromatic carbocycles. The van der Waals surface area contributed by atoms with Gasteiger partial charge in [-0.25, -0.2) is 12.8 Å². The Balaban J connectivity index is 2.36. The van der Waals surface area contributed by atoms with Crippen molar-refractivity contribution in [3.8, 4) is 0 Å². The van der Waals surface area contributed by atoms with Crippen LogP contribution in [0.5, 0.6) is 0 Å². The van der Waals surface area contributed by atoms with Crippen LogP contribution in [-0.2, 0) is 10.0 Å². The lowest BCUT2D eigenvalue weighted by Gasteiger charge is -2.18. The number of halogens is 2. The molecule has 0 atom stereocenters. The summed E-state index contributed by atoms with van der Waals surface area (Å²) >= 11 is 5.88. The molecule has 0 saturated heterocycles. The number of nitro groups is 1. The van der Waals surface area contributed by atoms with Gasteiger partial charge in [0.15, 0.2) is 0 Å². The van der Waals surface area contributed by atoms with E-state index >= 15 is 0 Å². The summed E-state index contributed by atoms with van der Waals surface area (Å²) in [5, 5.41) is 15.3. The van der Waals surface area contributed by atoms with E-state index in [1.54, 1.807) is 13.8 Å². The predicted molar refractivity (Wildman–Crippen MR) is 106 cm³/mol. The Kier molecular flexibility index (Phi) is 7.05. The molecule has 0 bridgehead atoms. The molecule has 0 aliphatic rings. The first-order valence-corrected chi connectivity index (χ1v) is 10.1. The average molecular weight is 429 g/mol. The van der Waals surface area contributed by atoms with Crippen molar-refractivity contribution in [1.82, 2.24) is 4.31 Å². The highest BCUT2D eigenvalue weighted by atomic mass is 35.5. The zero-order valence-electron chi connectivity index (χ0n) is 15.1. The third kappa shape index (κ3) is 4.64. The summed E-state index contributed by atoms with van der Waals surface area (Å²) in [5.41, 5.74) is 1.91. The van der Waals surface area contributed by atoms with Gasteiger partial charge in [0.25, 0.3) is 5.69 Å². The van der Waals surface area contributed by atoms with Gasteiger partial charge in [0.05, 0.1) is 21.1 Å². The Labute approximate surface area is 166 Å². The van der Waals surface area contributed by atoms with Crippen LogP contribution in [0.15, 0.2) is 46.4 Å². The third-order valence-electron chi connectivity index (χ3n) is 3.89. The second-order valence-electron chi connectivity index (χ2n) is 5.53. The van der Waals surface area contributed by atoms with Crippen LogP contribution < -0.4 is 5.43 Å². The SMILES string of the molecule is CCN(CC)S(=O)(=O)c1ccc(N/N=C\c2c(F)cccc2Cl)c([N+](=O)[O-])c1. The quantitative estimate of drug-likeness (QED) is 0.390. The van der Waals surface area contributed by atoms with Crippen LogP contribution in [0.25, 0.3) is 0 Å². The Hall–Kier alpha value is -2.56. The fourth-order valence-corrected chi connectivity index (χ4v) is 4.12. The minimum absolute atomic E-state index is 0.0139. The molecule has 0 saturated carbocycles. The molecule has 0 fully saturated rings. The molecular formula is C17H18ClFN4O4S. The van der Waals surface area contributed by atoms with E-state index < -0.39 is 26.5 Å². The van der Waals surface area contributed by atoms with Crippen molar-refractivity contribution >= 4 is 39.2 Å². The summed E-state index contributed by atoms with van der Waals surface area (Å²) in [5.74, 6) is -0.604. The van der Waals surface area contributed by atoms with E-state index in [1.165, 1.54) is 34.6 Å². The van der Waals surface area contributed by atoms with Crippen molar-refractivity contribution in [2.45, 2.75) is 18.7 Å². The minimum Gasteiger partial charge on any atom is -0.272 e. The molecule has 0 radical (unpaired) electrons. The van der Waals surface area contributed by atoms with Crippen LogP contribution >= 0.6 is 11.6 Å². The van der Waals surface area contributed by atoms with Crippen LogP contribution in [-0.4, -0.2) is 37.0 Å².